The molecule has 1 aliphatic rings. The molecule has 3 aromatic carbocycles. The summed E-state index contributed by atoms with van der Waals surface area (Å²) in [5.74, 6) is -0.246. The van der Waals surface area contributed by atoms with Crippen LogP contribution in [0, 0.1) is 0 Å². The monoisotopic (exact) mass is 453 g/mol. The number of carbonyl (C=O) groups excluding carboxylic acids is 2. The molecule has 4 aromatic rings. The molecule has 2 heterocycles. The van der Waals surface area contributed by atoms with Crippen molar-refractivity contribution in [1.82, 2.24) is 14.8 Å². The summed E-state index contributed by atoms with van der Waals surface area (Å²) < 4.78 is 6.02. The van der Waals surface area contributed by atoms with Crippen molar-refractivity contribution < 1.29 is 14.3 Å². The zero-order valence-corrected chi connectivity index (χ0v) is 18.9. The third-order valence-corrected chi connectivity index (χ3v) is 6.18. The Morgan fingerprint density at radius 3 is 2.32 bits per heavy atom. The van der Waals surface area contributed by atoms with Crippen LogP contribution in [0.25, 0.3) is 10.9 Å². The summed E-state index contributed by atoms with van der Waals surface area (Å²) in [7, 11) is 0. The van der Waals surface area contributed by atoms with E-state index in [0.29, 0.717) is 32.0 Å². The summed E-state index contributed by atoms with van der Waals surface area (Å²) in [6.45, 7) is 1.77. The molecule has 0 saturated carbocycles. The van der Waals surface area contributed by atoms with Crippen molar-refractivity contribution >= 4 is 22.7 Å². The van der Waals surface area contributed by atoms with Crippen LogP contribution in [-0.4, -0.2) is 52.3 Å². The van der Waals surface area contributed by atoms with Crippen molar-refractivity contribution in [3.8, 4) is 0 Å². The number of hydrogen-bond donors (Lipinski definition) is 1. The number of aromatic nitrogens is 1. The van der Waals surface area contributed by atoms with Gasteiger partial charge in [0.2, 0.25) is 5.91 Å². The molecule has 5 rings (SSSR count). The van der Waals surface area contributed by atoms with Gasteiger partial charge in [-0.3, -0.25) is 9.59 Å². The van der Waals surface area contributed by atoms with Gasteiger partial charge in [0.25, 0.3) is 5.91 Å². The Kier molecular flexibility index (Phi) is 6.40. The number of H-pyrrole nitrogens is 1. The van der Waals surface area contributed by atoms with Crippen molar-refractivity contribution in [1.29, 1.82) is 0 Å². The number of hydrogen-bond acceptors (Lipinski definition) is 3. The first-order chi connectivity index (χ1) is 16.7. The predicted octanol–water partition coefficient (Wildman–Crippen LogP) is 4.24. The van der Waals surface area contributed by atoms with Crippen LogP contribution >= 0.6 is 0 Å². The topological polar surface area (TPSA) is 65.6 Å². The van der Waals surface area contributed by atoms with Gasteiger partial charge in [-0.1, -0.05) is 78.9 Å². The number of amides is 2. The molecule has 1 aromatic heterocycles. The van der Waals surface area contributed by atoms with Crippen molar-refractivity contribution in [3.63, 3.8) is 0 Å². The third kappa shape index (κ3) is 4.87. The smallest absolute Gasteiger partial charge is 0.270 e. The number of carbonyl (C=O) groups is 2. The Morgan fingerprint density at radius 1 is 0.912 bits per heavy atom. The number of nitrogens with one attached hydrogen (secondary N) is 1. The minimum atomic E-state index is -0.238. The third-order valence-electron chi connectivity index (χ3n) is 6.18. The van der Waals surface area contributed by atoms with Gasteiger partial charge >= 0.3 is 0 Å². The number of para-hydroxylation sites is 1. The lowest BCUT2D eigenvalue weighted by molar-refractivity contribution is -0.141. The maximum atomic E-state index is 13.3. The molecule has 2 amide bonds. The summed E-state index contributed by atoms with van der Waals surface area (Å²) >= 11 is 0. The quantitative estimate of drug-likeness (QED) is 0.455. The second-order valence-corrected chi connectivity index (χ2v) is 8.62. The van der Waals surface area contributed by atoms with Gasteiger partial charge in [-0.25, -0.2) is 0 Å². The van der Waals surface area contributed by atoms with Crippen LogP contribution in [0.4, 0.5) is 0 Å². The molecule has 0 radical (unpaired) electrons. The van der Waals surface area contributed by atoms with E-state index in [2.05, 4.69) is 4.98 Å². The van der Waals surface area contributed by atoms with Crippen LogP contribution in [0.15, 0.2) is 91.0 Å². The maximum Gasteiger partial charge on any atom is 0.270 e. The summed E-state index contributed by atoms with van der Waals surface area (Å²) in [5, 5.41) is 0.975. The highest BCUT2D eigenvalue weighted by Gasteiger charge is 2.35. The Hall–Kier alpha value is -3.90. The van der Waals surface area contributed by atoms with Crippen LogP contribution in [0.5, 0.6) is 0 Å². The molecular weight excluding hydrogens is 426 g/mol. The fourth-order valence-corrected chi connectivity index (χ4v) is 4.42. The van der Waals surface area contributed by atoms with E-state index in [9.17, 15) is 9.59 Å². The van der Waals surface area contributed by atoms with Gasteiger partial charge in [-0.15, -0.1) is 0 Å². The van der Waals surface area contributed by atoms with E-state index in [-0.39, 0.29) is 24.4 Å². The van der Waals surface area contributed by atoms with E-state index in [0.717, 1.165) is 22.0 Å². The number of piperazine rings is 1. The highest BCUT2D eigenvalue weighted by molar-refractivity contribution is 6.00. The highest BCUT2D eigenvalue weighted by atomic mass is 16.5. The first kappa shape index (κ1) is 21.9. The Morgan fingerprint density at radius 2 is 1.59 bits per heavy atom. The molecule has 172 valence electrons. The van der Waals surface area contributed by atoms with E-state index in [1.54, 1.807) is 4.90 Å². The SMILES string of the molecule is O=C(c1cc2ccccc2[nH]1)N1CC(=O)N(Cc2ccccc2)[C@@H](COCc2ccccc2)C1. The number of nitrogens with zero attached hydrogens (tertiary/aromatic N) is 2. The van der Waals surface area contributed by atoms with E-state index in [1.165, 1.54) is 0 Å². The van der Waals surface area contributed by atoms with E-state index >= 15 is 0 Å². The molecule has 6 nitrogen and oxygen atoms in total. The van der Waals surface area contributed by atoms with Gasteiger partial charge in [0.15, 0.2) is 0 Å². The van der Waals surface area contributed by atoms with Crippen molar-refractivity contribution in [2.24, 2.45) is 0 Å². The molecule has 0 unspecified atom stereocenters. The number of rotatable bonds is 7. The van der Waals surface area contributed by atoms with Gasteiger partial charge in [-0.05, 0) is 23.3 Å². The Balaban J connectivity index is 1.33. The fraction of sp³-hybridized carbons (Fsp3) is 0.214. The van der Waals surface area contributed by atoms with E-state index in [4.69, 9.17) is 4.74 Å². The highest BCUT2D eigenvalue weighted by Crippen LogP contribution is 2.21. The van der Waals surface area contributed by atoms with Crippen molar-refractivity contribution in [2.45, 2.75) is 19.2 Å². The Labute approximate surface area is 198 Å². The first-order valence-corrected chi connectivity index (χ1v) is 11.5. The molecule has 1 N–H and O–H groups in total. The summed E-state index contributed by atoms with van der Waals surface area (Å²) in [4.78, 5) is 33.2. The van der Waals surface area contributed by atoms with E-state index in [1.807, 2.05) is 95.9 Å². The molecule has 6 heteroatoms. The van der Waals surface area contributed by atoms with Crippen LogP contribution in [-0.2, 0) is 22.7 Å². The average Bonchev–Trinajstić information content (AvgIpc) is 3.31. The Bertz CT molecular complexity index is 1240. The molecule has 1 saturated heterocycles. The molecule has 0 aliphatic carbocycles. The zero-order valence-electron chi connectivity index (χ0n) is 18.9. The molecule has 1 atom stereocenters. The van der Waals surface area contributed by atoms with Crippen LogP contribution < -0.4 is 0 Å². The minimum Gasteiger partial charge on any atom is -0.375 e. The van der Waals surface area contributed by atoms with Gasteiger partial charge in [0.1, 0.15) is 12.2 Å². The molecular formula is C28H27N3O3. The summed E-state index contributed by atoms with van der Waals surface area (Å²) in [6, 6.07) is 29.3. The second-order valence-electron chi connectivity index (χ2n) is 8.62. The fourth-order valence-electron chi connectivity index (χ4n) is 4.42. The lowest BCUT2D eigenvalue weighted by Gasteiger charge is -2.41. The summed E-state index contributed by atoms with van der Waals surface area (Å²) in [5.41, 5.74) is 3.53. The van der Waals surface area contributed by atoms with Crippen molar-refractivity contribution in [3.05, 3.63) is 108 Å². The lowest BCUT2D eigenvalue weighted by atomic mass is 10.1. The zero-order chi connectivity index (χ0) is 23.3. The normalized spacial score (nSPS) is 16.2. The molecule has 1 aliphatic heterocycles. The second kappa shape index (κ2) is 9.93. The van der Waals surface area contributed by atoms with Crippen molar-refractivity contribution in [2.75, 3.05) is 19.7 Å². The van der Waals surface area contributed by atoms with Gasteiger partial charge < -0.3 is 19.5 Å². The largest absolute Gasteiger partial charge is 0.375 e. The minimum absolute atomic E-state index is 0.0518. The van der Waals surface area contributed by atoms with Gasteiger partial charge in [0, 0.05) is 24.0 Å². The number of benzene rings is 3. The first-order valence-electron chi connectivity index (χ1n) is 11.5. The lowest BCUT2D eigenvalue weighted by Crippen LogP contribution is -2.58. The summed E-state index contributed by atoms with van der Waals surface area (Å²) in [6.07, 6.45) is 0. The van der Waals surface area contributed by atoms with Crippen LogP contribution in [0.3, 0.4) is 0 Å². The number of fused-ring (bicyclic) bond motifs is 1. The predicted molar refractivity (Wildman–Crippen MR) is 131 cm³/mol. The number of aromatic amines is 1. The maximum absolute atomic E-state index is 13.3. The molecule has 1 fully saturated rings. The van der Waals surface area contributed by atoms with Gasteiger partial charge in [-0.2, -0.15) is 0 Å². The van der Waals surface area contributed by atoms with Crippen LogP contribution in [0.1, 0.15) is 21.6 Å². The molecule has 34 heavy (non-hydrogen) atoms. The van der Waals surface area contributed by atoms with Crippen LogP contribution in [0.2, 0.25) is 0 Å². The van der Waals surface area contributed by atoms with E-state index < -0.39 is 0 Å². The number of ether oxygens (including phenoxy) is 1. The average molecular weight is 454 g/mol. The van der Waals surface area contributed by atoms with Gasteiger partial charge in [0.05, 0.1) is 19.3 Å². The molecule has 0 bridgehead atoms. The standard InChI is InChI=1S/C28H27N3O3/c32-27-18-30(28(33)26-15-23-13-7-8-14-25(23)29-26)17-24(20-34-19-22-11-5-2-6-12-22)31(27)16-21-9-3-1-4-10-21/h1-15,24,29H,16-20H2/t24-/m1/s1. The molecule has 0 spiro atoms.